The molecule has 0 radical (unpaired) electrons. The molecule has 56 valence electrons. The molecule has 0 atom stereocenters. The van der Waals surface area contributed by atoms with Gasteiger partial charge in [-0.2, -0.15) is 0 Å². The van der Waals surface area contributed by atoms with Crippen LogP contribution in [0.2, 0.25) is 0 Å². The summed E-state index contributed by atoms with van der Waals surface area (Å²) < 4.78 is 10.1. The first-order valence-electron chi connectivity index (χ1n) is 3.28. The summed E-state index contributed by atoms with van der Waals surface area (Å²) in [5.74, 6) is 0.856. The standard InChI is InChI=1S/C8H12O2/c1-8(2,3)7-6-9-4-5-10-7/h4-6H,1-3H3. The first-order chi connectivity index (χ1) is 4.61. The normalized spacial score (nSPS) is 17.3. The van der Waals surface area contributed by atoms with Crippen molar-refractivity contribution < 1.29 is 9.47 Å². The molecule has 1 aliphatic heterocycles. The Morgan fingerprint density at radius 1 is 1.20 bits per heavy atom. The minimum atomic E-state index is 0.0325. The van der Waals surface area contributed by atoms with E-state index in [9.17, 15) is 0 Å². The third-order valence-corrected chi connectivity index (χ3v) is 1.24. The molecule has 0 unspecified atom stereocenters. The fourth-order valence-corrected chi connectivity index (χ4v) is 0.616. The Bertz CT molecular complexity index is 172. The SMILES string of the molecule is CC(C)(C)C1=COC=CO1. The van der Waals surface area contributed by atoms with Crippen LogP contribution in [0.3, 0.4) is 0 Å². The molecule has 0 fully saturated rings. The summed E-state index contributed by atoms with van der Waals surface area (Å²) in [6.45, 7) is 6.21. The van der Waals surface area contributed by atoms with Gasteiger partial charge in [0.25, 0.3) is 0 Å². The average Bonchev–Trinajstić information content (AvgIpc) is 1.88. The van der Waals surface area contributed by atoms with Gasteiger partial charge < -0.3 is 9.47 Å². The van der Waals surface area contributed by atoms with Gasteiger partial charge >= 0.3 is 0 Å². The Balaban J connectivity index is 2.65. The summed E-state index contributed by atoms with van der Waals surface area (Å²) in [7, 11) is 0. The van der Waals surface area contributed by atoms with Crippen LogP contribution in [0.1, 0.15) is 20.8 Å². The minimum absolute atomic E-state index is 0.0325. The van der Waals surface area contributed by atoms with E-state index >= 15 is 0 Å². The molecule has 0 saturated heterocycles. The fraction of sp³-hybridized carbons (Fsp3) is 0.500. The third kappa shape index (κ3) is 1.53. The Kier molecular flexibility index (Phi) is 1.70. The molecule has 10 heavy (non-hydrogen) atoms. The molecule has 0 aliphatic carbocycles. The van der Waals surface area contributed by atoms with Crippen molar-refractivity contribution in [3.63, 3.8) is 0 Å². The van der Waals surface area contributed by atoms with Crippen molar-refractivity contribution in [2.24, 2.45) is 5.41 Å². The average molecular weight is 140 g/mol. The summed E-state index contributed by atoms with van der Waals surface area (Å²) in [4.78, 5) is 0. The molecule has 2 nitrogen and oxygen atoms in total. The van der Waals surface area contributed by atoms with Crippen LogP contribution in [0, 0.1) is 5.41 Å². The van der Waals surface area contributed by atoms with Gasteiger partial charge in [-0.3, -0.25) is 0 Å². The van der Waals surface area contributed by atoms with Crippen LogP contribution in [0.25, 0.3) is 0 Å². The van der Waals surface area contributed by atoms with Crippen molar-refractivity contribution in [2.75, 3.05) is 0 Å². The lowest BCUT2D eigenvalue weighted by atomic mass is 9.94. The predicted octanol–water partition coefficient (Wildman–Crippen LogP) is 2.39. The molecule has 1 aliphatic rings. The second-order valence-corrected chi connectivity index (χ2v) is 3.26. The largest absolute Gasteiger partial charge is 0.466 e. The molecule has 2 heteroatoms. The molecule has 1 heterocycles. The van der Waals surface area contributed by atoms with Gasteiger partial charge in [0.1, 0.15) is 24.5 Å². The van der Waals surface area contributed by atoms with E-state index in [0.717, 1.165) is 5.76 Å². The second kappa shape index (κ2) is 2.37. The van der Waals surface area contributed by atoms with Crippen LogP contribution in [-0.4, -0.2) is 0 Å². The maximum absolute atomic E-state index is 5.20. The zero-order valence-electron chi connectivity index (χ0n) is 6.55. The Morgan fingerprint density at radius 2 is 1.90 bits per heavy atom. The van der Waals surface area contributed by atoms with Gasteiger partial charge in [0.05, 0.1) is 0 Å². The second-order valence-electron chi connectivity index (χ2n) is 3.26. The van der Waals surface area contributed by atoms with Gasteiger partial charge in [-0.1, -0.05) is 20.8 Å². The molecule has 0 aromatic heterocycles. The molecule has 1 rings (SSSR count). The molecular formula is C8H12O2. The zero-order chi connectivity index (χ0) is 7.61. The van der Waals surface area contributed by atoms with Crippen molar-refractivity contribution >= 4 is 0 Å². The first kappa shape index (κ1) is 7.19. The van der Waals surface area contributed by atoms with E-state index in [2.05, 4.69) is 20.8 Å². The number of hydrogen-bond donors (Lipinski definition) is 0. The van der Waals surface area contributed by atoms with Crippen LogP contribution >= 0.6 is 0 Å². The highest BCUT2D eigenvalue weighted by Gasteiger charge is 2.19. The molecular weight excluding hydrogens is 128 g/mol. The van der Waals surface area contributed by atoms with E-state index in [-0.39, 0.29) is 5.41 Å². The van der Waals surface area contributed by atoms with Gasteiger partial charge in [0.15, 0.2) is 0 Å². The number of allylic oxidation sites excluding steroid dienone is 1. The summed E-state index contributed by atoms with van der Waals surface area (Å²) in [6, 6.07) is 0. The van der Waals surface area contributed by atoms with Crippen molar-refractivity contribution in [3.8, 4) is 0 Å². The number of hydrogen-bond acceptors (Lipinski definition) is 2. The van der Waals surface area contributed by atoms with Crippen LogP contribution in [0.15, 0.2) is 24.5 Å². The van der Waals surface area contributed by atoms with Gasteiger partial charge in [-0.15, -0.1) is 0 Å². The van der Waals surface area contributed by atoms with Crippen molar-refractivity contribution in [1.82, 2.24) is 0 Å². The lowest BCUT2D eigenvalue weighted by Crippen LogP contribution is -2.12. The van der Waals surface area contributed by atoms with Crippen LogP contribution in [-0.2, 0) is 9.47 Å². The van der Waals surface area contributed by atoms with E-state index in [4.69, 9.17) is 9.47 Å². The number of rotatable bonds is 0. The van der Waals surface area contributed by atoms with Gasteiger partial charge in [0.2, 0.25) is 0 Å². The minimum Gasteiger partial charge on any atom is -0.466 e. The van der Waals surface area contributed by atoms with Crippen LogP contribution in [0.5, 0.6) is 0 Å². The Morgan fingerprint density at radius 3 is 2.20 bits per heavy atom. The topological polar surface area (TPSA) is 18.5 Å². The highest BCUT2D eigenvalue weighted by atomic mass is 16.5. The van der Waals surface area contributed by atoms with E-state index in [1.54, 1.807) is 12.5 Å². The highest BCUT2D eigenvalue weighted by molar-refractivity contribution is 5.03. The van der Waals surface area contributed by atoms with Crippen molar-refractivity contribution in [3.05, 3.63) is 24.5 Å². The predicted molar refractivity (Wildman–Crippen MR) is 38.8 cm³/mol. The van der Waals surface area contributed by atoms with E-state index in [1.165, 1.54) is 6.26 Å². The lowest BCUT2D eigenvalue weighted by Gasteiger charge is -2.22. The first-order valence-corrected chi connectivity index (χ1v) is 3.28. The Labute approximate surface area is 61.1 Å². The van der Waals surface area contributed by atoms with Gasteiger partial charge in [-0.05, 0) is 0 Å². The fourth-order valence-electron chi connectivity index (χ4n) is 0.616. The number of ether oxygens (including phenoxy) is 2. The summed E-state index contributed by atoms with van der Waals surface area (Å²) in [6.07, 6.45) is 4.68. The van der Waals surface area contributed by atoms with E-state index in [1.807, 2.05) is 0 Å². The summed E-state index contributed by atoms with van der Waals surface area (Å²) in [5, 5.41) is 0. The van der Waals surface area contributed by atoms with Gasteiger partial charge in [0, 0.05) is 5.41 Å². The maximum atomic E-state index is 5.20. The van der Waals surface area contributed by atoms with E-state index in [0.29, 0.717) is 0 Å². The van der Waals surface area contributed by atoms with Crippen molar-refractivity contribution in [1.29, 1.82) is 0 Å². The summed E-state index contributed by atoms with van der Waals surface area (Å²) in [5.41, 5.74) is 0.0325. The van der Waals surface area contributed by atoms with Crippen LogP contribution in [0.4, 0.5) is 0 Å². The molecule has 0 aromatic rings. The third-order valence-electron chi connectivity index (χ3n) is 1.24. The highest BCUT2D eigenvalue weighted by Crippen LogP contribution is 2.27. The molecule has 0 aromatic carbocycles. The lowest BCUT2D eigenvalue weighted by molar-refractivity contribution is 0.190. The monoisotopic (exact) mass is 140 g/mol. The molecule has 0 saturated carbocycles. The molecule has 0 bridgehead atoms. The quantitative estimate of drug-likeness (QED) is 0.514. The molecule has 0 amide bonds. The molecule has 0 N–H and O–H groups in total. The van der Waals surface area contributed by atoms with Gasteiger partial charge in [-0.25, -0.2) is 0 Å². The summed E-state index contributed by atoms with van der Waals surface area (Å²) >= 11 is 0. The van der Waals surface area contributed by atoms with Crippen molar-refractivity contribution in [2.45, 2.75) is 20.8 Å². The Hall–Kier alpha value is -0.920. The zero-order valence-corrected chi connectivity index (χ0v) is 6.55. The smallest absolute Gasteiger partial charge is 0.144 e. The van der Waals surface area contributed by atoms with E-state index < -0.39 is 0 Å². The van der Waals surface area contributed by atoms with Crippen LogP contribution < -0.4 is 0 Å². The maximum Gasteiger partial charge on any atom is 0.144 e. The molecule has 0 spiro atoms.